The minimum atomic E-state index is -0.833. The zero-order valence-electron chi connectivity index (χ0n) is 52.6. The zero-order valence-corrected chi connectivity index (χ0v) is 52.6. The van der Waals surface area contributed by atoms with E-state index in [0.29, 0.717) is 19.3 Å². The van der Waals surface area contributed by atoms with Crippen LogP contribution in [0.1, 0.15) is 239 Å². The van der Waals surface area contributed by atoms with Crippen molar-refractivity contribution in [2.75, 3.05) is 13.2 Å². The lowest BCUT2D eigenvalue weighted by molar-refractivity contribution is -0.167. The first-order chi connectivity index (χ1) is 41.0. The third kappa shape index (κ3) is 66.7. The molecule has 0 amide bonds. The van der Waals surface area contributed by atoms with Crippen LogP contribution in [-0.4, -0.2) is 37.2 Å². The van der Waals surface area contributed by atoms with Gasteiger partial charge >= 0.3 is 17.9 Å². The summed E-state index contributed by atoms with van der Waals surface area (Å²) in [7, 11) is 0. The summed E-state index contributed by atoms with van der Waals surface area (Å²) in [6, 6.07) is 0. The molecular weight excluding hydrogens is 1020 g/mol. The van der Waals surface area contributed by atoms with Crippen LogP contribution in [0.5, 0.6) is 0 Å². The Morgan fingerprint density at radius 1 is 0.241 bits per heavy atom. The third-order valence-electron chi connectivity index (χ3n) is 12.8. The minimum absolute atomic E-state index is 0.125. The van der Waals surface area contributed by atoms with E-state index in [1.165, 1.54) is 0 Å². The van der Waals surface area contributed by atoms with Gasteiger partial charge in [-0.25, -0.2) is 0 Å². The van der Waals surface area contributed by atoms with Crippen molar-refractivity contribution in [1.82, 2.24) is 0 Å². The van der Waals surface area contributed by atoms with Gasteiger partial charge in [0.15, 0.2) is 6.10 Å². The van der Waals surface area contributed by atoms with Crippen LogP contribution >= 0.6 is 0 Å². The number of carbonyl (C=O) groups excluding carboxylic acids is 3. The highest BCUT2D eigenvalue weighted by molar-refractivity contribution is 5.71. The van der Waals surface area contributed by atoms with E-state index in [0.717, 1.165) is 193 Å². The highest BCUT2D eigenvalue weighted by Gasteiger charge is 2.19. The molecule has 0 aliphatic carbocycles. The fourth-order valence-corrected chi connectivity index (χ4v) is 8.00. The van der Waals surface area contributed by atoms with E-state index in [-0.39, 0.29) is 37.5 Å². The Balaban J connectivity index is 4.61. The quantitative estimate of drug-likeness (QED) is 0.0261. The molecule has 0 spiro atoms. The fourth-order valence-electron chi connectivity index (χ4n) is 8.00. The average Bonchev–Trinajstić information content (AvgIpc) is 3.49. The molecule has 0 aromatic heterocycles. The normalized spacial score (nSPS) is 13.5. The fraction of sp³-hybridized carbons (Fsp3) is 0.519. The number of carbonyl (C=O) groups is 3. The van der Waals surface area contributed by atoms with E-state index in [9.17, 15) is 14.4 Å². The molecule has 0 heterocycles. The van der Waals surface area contributed by atoms with Crippen LogP contribution in [0.15, 0.2) is 207 Å². The summed E-state index contributed by atoms with van der Waals surface area (Å²) in [5.41, 5.74) is 0. The molecule has 0 aliphatic rings. The van der Waals surface area contributed by atoms with E-state index in [4.69, 9.17) is 14.2 Å². The van der Waals surface area contributed by atoms with Crippen molar-refractivity contribution in [3.05, 3.63) is 207 Å². The predicted molar refractivity (Wildman–Crippen MR) is 361 cm³/mol. The van der Waals surface area contributed by atoms with E-state index in [2.05, 4.69) is 227 Å². The number of ether oxygens (including phenoxy) is 3. The van der Waals surface area contributed by atoms with Crippen LogP contribution in [0.4, 0.5) is 0 Å². The number of unbranched alkanes of at least 4 members (excludes halogenated alkanes) is 11. The second kappa shape index (κ2) is 68.5. The van der Waals surface area contributed by atoms with Crippen molar-refractivity contribution in [1.29, 1.82) is 0 Å². The topological polar surface area (TPSA) is 78.9 Å². The Morgan fingerprint density at radius 2 is 0.434 bits per heavy atom. The van der Waals surface area contributed by atoms with Gasteiger partial charge in [-0.05, 0) is 167 Å². The smallest absolute Gasteiger partial charge is 0.306 e. The highest BCUT2D eigenvalue weighted by Crippen LogP contribution is 2.12. The van der Waals surface area contributed by atoms with Crippen molar-refractivity contribution in [2.24, 2.45) is 0 Å². The number of hydrogen-bond donors (Lipinski definition) is 0. The molecule has 0 N–H and O–H groups in total. The largest absolute Gasteiger partial charge is 0.462 e. The first-order valence-corrected chi connectivity index (χ1v) is 32.6. The SMILES string of the molecule is CC/C=C\C/C=C\C/C=C\C/C=C\C/C=C\C/C=C\CCCCCCC(=O)OCC(COC(=O)CCCCC/C=C\C/C=C\C/C=C\C/C=C\C/C=C\CC)OC(=O)CCCCCC/C=C\C/C=C\C/C=C\C/C=C\C/C=C\C/C=C\CC. The monoisotopic (exact) mass is 1140 g/mol. The average molecular weight is 1140 g/mol. The van der Waals surface area contributed by atoms with E-state index >= 15 is 0 Å². The Morgan fingerprint density at radius 3 is 0.675 bits per heavy atom. The molecule has 0 aromatic carbocycles. The summed E-state index contributed by atoms with van der Waals surface area (Å²) >= 11 is 0. The van der Waals surface area contributed by atoms with Crippen molar-refractivity contribution < 1.29 is 28.6 Å². The highest BCUT2D eigenvalue weighted by atomic mass is 16.6. The number of hydrogen-bond acceptors (Lipinski definition) is 6. The molecule has 83 heavy (non-hydrogen) atoms. The maximum atomic E-state index is 12.9. The standard InChI is InChI=1S/C77H116O6/c1-4-7-10-13-16-19-22-25-28-31-34-36-38-40-43-46-49-52-55-58-61-64-67-70-76(79)82-73-74(72-81-75(78)69-66-63-60-57-54-51-48-45-42-33-30-27-24-21-18-15-12-9-6-3)83-77(80)71-68-65-62-59-56-53-50-47-44-41-39-37-35-32-29-26-23-20-17-14-11-8-5-2/h7-12,16-21,25-30,34-37,40-45,49-54,74H,4-6,13-15,22-24,31-33,38-39,46-48,55-73H2,1-3H3/b10-7-,11-8-,12-9-,19-16-,20-17-,21-18-,28-25-,29-26-,30-27-,36-34-,37-35-,43-40-,44-41-,45-42-,52-49-,53-50-,54-51-. The summed E-state index contributed by atoms with van der Waals surface area (Å²) in [5, 5.41) is 0. The van der Waals surface area contributed by atoms with Gasteiger partial charge in [0, 0.05) is 19.3 Å². The molecular formula is C77H116O6. The Hall–Kier alpha value is -6.01. The van der Waals surface area contributed by atoms with Gasteiger partial charge in [0.05, 0.1) is 0 Å². The Kier molecular flexibility index (Phi) is 63.5. The van der Waals surface area contributed by atoms with Crippen LogP contribution in [-0.2, 0) is 28.6 Å². The lowest BCUT2D eigenvalue weighted by atomic mass is 10.1. The lowest BCUT2D eigenvalue weighted by Crippen LogP contribution is -2.30. The van der Waals surface area contributed by atoms with Gasteiger partial charge < -0.3 is 14.2 Å². The molecule has 0 fully saturated rings. The van der Waals surface area contributed by atoms with Gasteiger partial charge in [0.25, 0.3) is 0 Å². The molecule has 0 rings (SSSR count). The molecule has 1 unspecified atom stereocenters. The number of rotatable bonds is 56. The minimum Gasteiger partial charge on any atom is -0.462 e. The molecule has 0 aromatic rings. The third-order valence-corrected chi connectivity index (χ3v) is 12.8. The first-order valence-electron chi connectivity index (χ1n) is 32.6. The van der Waals surface area contributed by atoms with Crippen molar-refractivity contribution in [3.8, 4) is 0 Å². The molecule has 6 nitrogen and oxygen atoms in total. The van der Waals surface area contributed by atoms with E-state index < -0.39 is 6.10 Å². The summed E-state index contributed by atoms with van der Waals surface area (Å²) in [6.07, 6.45) is 105. The van der Waals surface area contributed by atoms with Crippen LogP contribution < -0.4 is 0 Å². The Labute approximate surface area is 509 Å². The molecule has 0 radical (unpaired) electrons. The van der Waals surface area contributed by atoms with Crippen LogP contribution in [0.3, 0.4) is 0 Å². The van der Waals surface area contributed by atoms with Gasteiger partial charge in [-0.1, -0.05) is 259 Å². The molecule has 0 aliphatic heterocycles. The van der Waals surface area contributed by atoms with Crippen molar-refractivity contribution in [3.63, 3.8) is 0 Å². The van der Waals surface area contributed by atoms with Gasteiger partial charge in [0.2, 0.25) is 0 Å². The second-order valence-electron chi connectivity index (χ2n) is 20.5. The summed E-state index contributed by atoms with van der Waals surface area (Å²) in [4.78, 5) is 38.4. The van der Waals surface area contributed by atoms with Crippen molar-refractivity contribution >= 4 is 17.9 Å². The molecule has 460 valence electrons. The molecule has 0 saturated heterocycles. The van der Waals surface area contributed by atoms with E-state index in [1.807, 2.05) is 0 Å². The summed E-state index contributed by atoms with van der Waals surface area (Å²) in [5.74, 6) is -1.02. The van der Waals surface area contributed by atoms with E-state index in [1.54, 1.807) is 0 Å². The van der Waals surface area contributed by atoms with Gasteiger partial charge in [-0.15, -0.1) is 0 Å². The van der Waals surface area contributed by atoms with Crippen LogP contribution in [0.2, 0.25) is 0 Å². The first kappa shape index (κ1) is 77.0. The second-order valence-corrected chi connectivity index (χ2v) is 20.5. The summed E-state index contributed by atoms with van der Waals surface area (Å²) in [6.45, 7) is 6.21. The number of esters is 3. The number of allylic oxidation sites excluding steroid dienone is 34. The van der Waals surface area contributed by atoms with Gasteiger partial charge in [0.1, 0.15) is 13.2 Å². The van der Waals surface area contributed by atoms with Crippen LogP contribution in [0, 0.1) is 0 Å². The molecule has 1 atom stereocenters. The van der Waals surface area contributed by atoms with Gasteiger partial charge in [-0.2, -0.15) is 0 Å². The molecule has 6 heteroatoms. The van der Waals surface area contributed by atoms with Crippen LogP contribution in [0.25, 0.3) is 0 Å². The maximum Gasteiger partial charge on any atom is 0.306 e. The van der Waals surface area contributed by atoms with Gasteiger partial charge in [-0.3, -0.25) is 14.4 Å². The maximum absolute atomic E-state index is 12.9. The molecule has 0 bridgehead atoms. The molecule has 0 saturated carbocycles. The van der Waals surface area contributed by atoms with Crippen molar-refractivity contribution in [2.45, 2.75) is 245 Å². The lowest BCUT2D eigenvalue weighted by Gasteiger charge is -2.18. The zero-order chi connectivity index (χ0) is 59.9. The summed E-state index contributed by atoms with van der Waals surface area (Å²) < 4.78 is 16.9. The Bertz CT molecular complexity index is 2030. The predicted octanol–water partition coefficient (Wildman–Crippen LogP) is 22.8.